The average Bonchev–Trinajstić information content (AvgIpc) is 2.64. The van der Waals surface area contributed by atoms with Gasteiger partial charge < -0.3 is 15.2 Å². The first-order valence-corrected chi connectivity index (χ1v) is 7.88. The van der Waals surface area contributed by atoms with Crippen molar-refractivity contribution in [3.63, 3.8) is 0 Å². The number of aromatic nitrogens is 1. The number of carboxylic acids is 1. The van der Waals surface area contributed by atoms with Crippen molar-refractivity contribution in [2.24, 2.45) is 5.92 Å². The van der Waals surface area contributed by atoms with Crippen LogP contribution in [-0.4, -0.2) is 35.6 Å². The molecule has 1 unspecified atom stereocenters. The van der Waals surface area contributed by atoms with Gasteiger partial charge in [0.15, 0.2) is 0 Å². The quantitative estimate of drug-likeness (QED) is 0.769. The highest BCUT2D eigenvalue weighted by Gasteiger charge is 2.32. The predicted molar refractivity (Wildman–Crippen MR) is 89.4 cm³/mol. The number of carbonyl (C=O) groups is 2. The Morgan fingerprint density at radius 2 is 1.93 bits per heavy atom. The second-order valence-electron chi connectivity index (χ2n) is 5.69. The highest BCUT2D eigenvalue weighted by molar-refractivity contribution is 5.94. The van der Waals surface area contributed by atoms with E-state index in [9.17, 15) is 27.9 Å². The molecule has 0 spiro atoms. The lowest BCUT2D eigenvalue weighted by Gasteiger charge is -2.15. The van der Waals surface area contributed by atoms with Crippen LogP contribution in [0.1, 0.15) is 21.6 Å². The Hall–Kier alpha value is -3.10. The number of nitrogens with one attached hydrogen (secondary N) is 1. The minimum Gasteiger partial charge on any atom is -0.496 e. The van der Waals surface area contributed by atoms with Crippen LogP contribution >= 0.6 is 0 Å². The lowest BCUT2D eigenvalue weighted by atomic mass is 9.98. The molecule has 144 valence electrons. The van der Waals surface area contributed by atoms with Crippen molar-refractivity contribution in [2.75, 3.05) is 13.7 Å². The van der Waals surface area contributed by atoms with Gasteiger partial charge in [-0.1, -0.05) is 18.2 Å². The first-order chi connectivity index (χ1) is 12.7. The Morgan fingerprint density at radius 1 is 1.22 bits per heavy atom. The number of nitrogens with zero attached hydrogens (tertiary/aromatic N) is 1. The summed E-state index contributed by atoms with van der Waals surface area (Å²) in [7, 11) is 1.47. The Bertz CT molecular complexity index is 807. The predicted octanol–water partition coefficient (Wildman–Crippen LogP) is 2.78. The van der Waals surface area contributed by atoms with E-state index in [4.69, 9.17) is 4.74 Å². The molecule has 0 aliphatic carbocycles. The highest BCUT2D eigenvalue weighted by Crippen LogP contribution is 2.27. The van der Waals surface area contributed by atoms with Gasteiger partial charge in [-0.25, -0.2) is 0 Å². The number of rotatable bonds is 7. The van der Waals surface area contributed by atoms with Crippen LogP contribution in [0.5, 0.6) is 5.75 Å². The van der Waals surface area contributed by atoms with E-state index in [0.29, 0.717) is 17.4 Å². The van der Waals surface area contributed by atoms with Gasteiger partial charge in [0.1, 0.15) is 11.4 Å². The molecule has 0 aliphatic rings. The Balaban J connectivity index is 2.03. The van der Waals surface area contributed by atoms with Gasteiger partial charge in [-0.2, -0.15) is 13.2 Å². The average molecular weight is 382 g/mol. The number of pyridine rings is 1. The van der Waals surface area contributed by atoms with Crippen LogP contribution in [0.15, 0.2) is 42.6 Å². The summed E-state index contributed by atoms with van der Waals surface area (Å²) in [5, 5.41) is 11.8. The lowest BCUT2D eigenvalue weighted by Crippen LogP contribution is -2.34. The number of alkyl halides is 3. The number of para-hydroxylation sites is 1. The molecule has 0 aliphatic heterocycles. The summed E-state index contributed by atoms with van der Waals surface area (Å²) in [6.45, 7) is -0.201. The number of methoxy groups -OCH3 is 1. The summed E-state index contributed by atoms with van der Waals surface area (Å²) in [5.41, 5.74) is -0.541. The van der Waals surface area contributed by atoms with E-state index < -0.39 is 29.7 Å². The first kappa shape index (κ1) is 20.2. The Morgan fingerprint density at radius 3 is 2.48 bits per heavy atom. The van der Waals surface area contributed by atoms with Gasteiger partial charge in [0.25, 0.3) is 5.91 Å². The van der Waals surface area contributed by atoms with Gasteiger partial charge in [0, 0.05) is 12.7 Å². The van der Waals surface area contributed by atoms with Crippen LogP contribution in [-0.2, 0) is 17.4 Å². The number of carboxylic acid groups (broad SMARTS) is 1. The van der Waals surface area contributed by atoms with Crippen molar-refractivity contribution in [2.45, 2.75) is 12.6 Å². The topological polar surface area (TPSA) is 88.5 Å². The Labute approximate surface area is 153 Å². The molecule has 0 radical (unpaired) electrons. The van der Waals surface area contributed by atoms with Crippen LogP contribution < -0.4 is 10.1 Å². The SMILES string of the molecule is COc1ccccc1CC(CNC(=O)c1ccc(C(F)(F)F)nc1)C(=O)O. The van der Waals surface area contributed by atoms with Crippen molar-refractivity contribution in [3.8, 4) is 5.75 Å². The molecule has 1 aromatic heterocycles. The minimum absolute atomic E-state index is 0.0931. The zero-order valence-electron chi connectivity index (χ0n) is 14.3. The Kier molecular flexibility index (Phi) is 6.38. The highest BCUT2D eigenvalue weighted by atomic mass is 19.4. The molecule has 1 atom stereocenters. The van der Waals surface area contributed by atoms with Crippen molar-refractivity contribution < 1.29 is 32.6 Å². The molecule has 1 aromatic carbocycles. The number of amides is 1. The normalized spacial score (nSPS) is 12.3. The third kappa shape index (κ3) is 5.44. The van der Waals surface area contributed by atoms with Gasteiger partial charge in [0.05, 0.1) is 18.6 Å². The molecule has 0 saturated carbocycles. The smallest absolute Gasteiger partial charge is 0.433 e. The number of carbonyl (C=O) groups excluding carboxylic acids is 1. The van der Waals surface area contributed by atoms with Crippen LogP contribution in [0.2, 0.25) is 0 Å². The third-order valence-corrected chi connectivity index (χ3v) is 3.83. The number of ether oxygens (including phenoxy) is 1. The third-order valence-electron chi connectivity index (χ3n) is 3.83. The molecule has 2 rings (SSSR count). The zero-order chi connectivity index (χ0) is 20.0. The van der Waals surface area contributed by atoms with Crippen LogP contribution in [0, 0.1) is 5.92 Å². The molecule has 1 amide bonds. The number of aliphatic carboxylic acids is 1. The van der Waals surface area contributed by atoms with Crippen LogP contribution in [0.4, 0.5) is 13.2 Å². The minimum atomic E-state index is -4.60. The summed E-state index contributed by atoms with van der Waals surface area (Å²) >= 11 is 0. The maximum atomic E-state index is 12.5. The molecule has 0 bridgehead atoms. The van der Waals surface area contributed by atoms with Gasteiger partial charge in [-0.05, 0) is 30.2 Å². The fourth-order valence-corrected chi connectivity index (χ4v) is 2.40. The second kappa shape index (κ2) is 8.52. The van der Waals surface area contributed by atoms with E-state index in [1.54, 1.807) is 24.3 Å². The molecule has 0 fully saturated rings. The fraction of sp³-hybridized carbons (Fsp3) is 0.278. The van der Waals surface area contributed by atoms with Crippen LogP contribution in [0.3, 0.4) is 0 Å². The van der Waals surface area contributed by atoms with Crippen molar-refractivity contribution in [1.29, 1.82) is 0 Å². The van der Waals surface area contributed by atoms with E-state index >= 15 is 0 Å². The van der Waals surface area contributed by atoms with E-state index in [0.717, 1.165) is 12.3 Å². The van der Waals surface area contributed by atoms with E-state index in [2.05, 4.69) is 10.3 Å². The van der Waals surface area contributed by atoms with Gasteiger partial charge in [0.2, 0.25) is 0 Å². The number of halogens is 3. The number of hydrogen-bond acceptors (Lipinski definition) is 4. The standard InChI is InChI=1S/C18H17F3N2O4/c1-27-14-5-3-2-4-11(14)8-13(17(25)26)10-23-16(24)12-6-7-15(22-9-12)18(19,20)21/h2-7,9,13H,8,10H2,1H3,(H,23,24)(H,25,26). The van der Waals surface area contributed by atoms with Gasteiger partial charge in [-0.3, -0.25) is 14.6 Å². The summed E-state index contributed by atoms with van der Waals surface area (Å²) in [6.07, 6.45) is -3.68. The monoisotopic (exact) mass is 382 g/mol. The zero-order valence-corrected chi connectivity index (χ0v) is 14.3. The van der Waals surface area contributed by atoms with E-state index in [-0.39, 0.29) is 18.5 Å². The molecular weight excluding hydrogens is 365 g/mol. The van der Waals surface area contributed by atoms with Gasteiger partial charge in [-0.15, -0.1) is 0 Å². The largest absolute Gasteiger partial charge is 0.496 e. The summed E-state index contributed by atoms with van der Waals surface area (Å²) in [4.78, 5) is 26.7. The van der Waals surface area contributed by atoms with Crippen molar-refractivity contribution in [1.82, 2.24) is 10.3 Å². The summed E-state index contributed by atoms with van der Waals surface area (Å²) in [6, 6.07) is 8.58. The van der Waals surface area contributed by atoms with E-state index in [1.807, 2.05) is 0 Å². The molecular formula is C18H17F3N2O4. The molecule has 27 heavy (non-hydrogen) atoms. The van der Waals surface area contributed by atoms with Crippen LogP contribution in [0.25, 0.3) is 0 Å². The molecule has 9 heteroatoms. The second-order valence-corrected chi connectivity index (χ2v) is 5.69. The summed E-state index contributed by atoms with van der Waals surface area (Å²) < 4.78 is 42.7. The molecule has 0 saturated heterocycles. The van der Waals surface area contributed by atoms with Gasteiger partial charge >= 0.3 is 12.1 Å². The van der Waals surface area contributed by atoms with Crippen molar-refractivity contribution >= 4 is 11.9 Å². The molecule has 6 nitrogen and oxygen atoms in total. The molecule has 1 heterocycles. The van der Waals surface area contributed by atoms with Crippen molar-refractivity contribution in [3.05, 3.63) is 59.4 Å². The molecule has 2 N–H and O–H groups in total. The maximum Gasteiger partial charge on any atom is 0.433 e. The first-order valence-electron chi connectivity index (χ1n) is 7.88. The summed E-state index contributed by atoms with van der Waals surface area (Å²) in [5.74, 6) is -2.23. The molecule has 2 aromatic rings. The van der Waals surface area contributed by atoms with E-state index in [1.165, 1.54) is 7.11 Å². The fourth-order valence-electron chi connectivity index (χ4n) is 2.40. The number of hydrogen-bond donors (Lipinski definition) is 2. The lowest BCUT2D eigenvalue weighted by molar-refractivity contribution is -0.142. The number of benzene rings is 1. The maximum absolute atomic E-state index is 12.5.